The fourth-order valence-corrected chi connectivity index (χ4v) is 2.05. The molecular formula is C8H13N3O3. The molecule has 0 bridgehead atoms. The van der Waals surface area contributed by atoms with Crippen LogP contribution >= 0.6 is 0 Å². The fraction of sp³-hybridized carbons (Fsp3) is 0.750. The van der Waals surface area contributed by atoms with E-state index in [1.807, 2.05) is 0 Å². The summed E-state index contributed by atoms with van der Waals surface area (Å²) in [5.74, 6) is -0.0801. The number of piperazine rings is 1. The van der Waals surface area contributed by atoms with Crippen molar-refractivity contribution in [3.63, 3.8) is 0 Å². The minimum atomic E-state index is -0.953. The average Bonchev–Trinajstić information content (AvgIpc) is 2.48. The lowest BCUT2D eigenvalue weighted by Crippen LogP contribution is -2.64. The summed E-state index contributed by atoms with van der Waals surface area (Å²) in [4.78, 5) is 23.6. The molecule has 0 aromatic rings. The standard InChI is InChI=1S/C8H13N3O3/c12-6-8(1-2-9-6)5-11(7(13)14)4-3-10-8/h10H,1-5H2,(H,9,12)(H,13,14). The predicted molar refractivity (Wildman–Crippen MR) is 48.0 cm³/mol. The van der Waals surface area contributed by atoms with E-state index >= 15 is 0 Å². The van der Waals surface area contributed by atoms with Crippen LogP contribution in [0.4, 0.5) is 4.79 Å². The van der Waals surface area contributed by atoms with Gasteiger partial charge in [-0.25, -0.2) is 4.79 Å². The van der Waals surface area contributed by atoms with Crippen molar-refractivity contribution in [3.05, 3.63) is 0 Å². The number of carbonyl (C=O) groups is 2. The van der Waals surface area contributed by atoms with Gasteiger partial charge in [0.05, 0.1) is 6.54 Å². The number of rotatable bonds is 0. The summed E-state index contributed by atoms with van der Waals surface area (Å²) in [6, 6.07) is 0. The Morgan fingerprint density at radius 2 is 2.29 bits per heavy atom. The zero-order chi connectivity index (χ0) is 10.2. The lowest BCUT2D eigenvalue weighted by atomic mass is 9.95. The van der Waals surface area contributed by atoms with Crippen LogP contribution in [0.2, 0.25) is 0 Å². The summed E-state index contributed by atoms with van der Waals surface area (Å²) < 4.78 is 0. The SMILES string of the molecule is O=C(O)N1CCNC2(CCNC2=O)C1. The van der Waals surface area contributed by atoms with E-state index in [1.54, 1.807) is 0 Å². The van der Waals surface area contributed by atoms with Gasteiger partial charge in [-0.2, -0.15) is 0 Å². The molecular weight excluding hydrogens is 186 g/mol. The Morgan fingerprint density at radius 1 is 1.50 bits per heavy atom. The molecule has 6 nitrogen and oxygen atoms in total. The Bertz CT molecular complexity index is 281. The first-order valence-electron chi connectivity index (χ1n) is 4.65. The molecule has 2 aliphatic heterocycles. The van der Waals surface area contributed by atoms with Crippen molar-refractivity contribution in [1.29, 1.82) is 0 Å². The lowest BCUT2D eigenvalue weighted by Gasteiger charge is -2.37. The molecule has 14 heavy (non-hydrogen) atoms. The normalized spacial score (nSPS) is 32.0. The third-order valence-corrected chi connectivity index (χ3v) is 2.85. The van der Waals surface area contributed by atoms with Gasteiger partial charge in [0.25, 0.3) is 0 Å². The largest absolute Gasteiger partial charge is 0.465 e. The number of carboxylic acid groups (broad SMARTS) is 1. The molecule has 0 aliphatic carbocycles. The molecule has 2 fully saturated rings. The Hall–Kier alpha value is -1.30. The smallest absolute Gasteiger partial charge is 0.407 e. The van der Waals surface area contributed by atoms with Crippen LogP contribution in [0.1, 0.15) is 6.42 Å². The van der Waals surface area contributed by atoms with Crippen LogP contribution < -0.4 is 10.6 Å². The molecule has 2 rings (SSSR count). The second kappa shape index (κ2) is 3.13. The van der Waals surface area contributed by atoms with Crippen LogP contribution in [-0.2, 0) is 4.79 Å². The maximum Gasteiger partial charge on any atom is 0.407 e. The highest BCUT2D eigenvalue weighted by atomic mass is 16.4. The molecule has 2 aliphatic rings. The third kappa shape index (κ3) is 1.31. The monoisotopic (exact) mass is 199 g/mol. The number of amides is 2. The number of nitrogens with one attached hydrogen (secondary N) is 2. The molecule has 0 saturated carbocycles. The van der Waals surface area contributed by atoms with Crippen molar-refractivity contribution in [3.8, 4) is 0 Å². The summed E-state index contributed by atoms with van der Waals surface area (Å²) in [6.07, 6.45) is -0.291. The summed E-state index contributed by atoms with van der Waals surface area (Å²) >= 11 is 0. The predicted octanol–water partition coefficient (Wildman–Crippen LogP) is -1.17. The quantitative estimate of drug-likeness (QED) is 0.459. The van der Waals surface area contributed by atoms with Crippen molar-refractivity contribution in [1.82, 2.24) is 15.5 Å². The van der Waals surface area contributed by atoms with Crippen LogP contribution in [0.25, 0.3) is 0 Å². The van der Waals surface area contributed by atoms with Crippen LogP contribution in [0, 0.1) is 0 Å². The first kappa shape index (κ1) is 9.26. The maximum atomic E-state index is 11.5. The van der Waals surface area contributed by atoms with Crippen molar-refractivity contribution in [2.75, 3.05) is 26.2 Å². The number of hydrogen-bond donors (Lipinski definition) is 3. The van der Waals surface area contributed by atoms with Gasteiger partial charge in [0.1, 0.15) is 5.54 Å². The van der Waals surface area contributed by atoms with Crippen LogP contribution in [0.3, 0.4) is 0 Å². The number of hydrogen-bond acceptors (Lipinski definition) is 3. The molecule has 2 amide bonds. The van der Waals surface area contributed by atoms with Gasteiger partial charge in [-0.1, -0.05) is 0 Å². The Morgan fingerprint density at radius 3 is 2.86 bits per heavy atom. The van der Waals surface area contributed by atoms with Crippen LogP contribution in [-0.4, -0.2) is 53.7 Å². The Kier molecular flexibility index (Phi) is 2.07. The van der Waals surface area contributed by atoms with Gasteiger partial charge in [0.2, 0.25) is 5.91 Å². The molecule has 0 aromatic heterocycles. The highest BCUT2D eigenvalue weighted by Crippen LogP contribution is 2.20. The van der Waals surface area contributed by atoms with E-state index in [1.165, 1.54) is 4.90 Å². The van der Waals surface area contributed by atoms with Gasteiger partial charge in [-0.3, -0.25) is 4.79 Å². The summed E-state index contributed by atoms with van der Waals surface area (Å²) in [7, 11) is 0. The fourth-order valence-electron chi connectivity index (χ4n) is 2.05. The third-order valence-electron chi connectivity index (χ3n) is 2.85. The number of carbonyl (C=O) groups excluding carboxylic acids is 1. The van der Waals surface area contributed by atoms with Gasteiger partial charge in [-0.05, 0) is 6.42 Å². The second-order valence-electron chi connectivity index (χ2n) is 3.72. The molecule has 0 radical (unpaired) electrons. The van der Waals surface area contributed by atoms with E-state index in [4.69, 9.17) is 5.11 Å². The van der Waals surface area contributed by atoms with Gasteiger partial charge in [0, 0.05) is 19.6 Å². The first-order valence-corrected chi connectivity index (χ1v) is 4.65. The zero-order valence-electron chi connectivity index (χ0n) is 7.75. The van der Waals surface area contributed by atoms with E-state index in [2.05, 4.69) is 10.6 Å². The van der Waals surface area contributed by atoms with E-state index in [0.29, 0.717) is 26.1 Å². The highest BCUT2D eigenvalue weighted by Gasteiger charge is 2.46. The average molecular weight is 199 g/mol. The van der Waals surface area contributed by atoms with E-state index in [-0.39, 0.29) is 12.5 Å². The summed E-state index contributed by atoms with van der Waals surface area (Å²) in [5, 5.41) is 14.7. The van der Waals surface area contributed by atoms with Crippen LogP contribution in [0.5, 0.6) is 0 Å². The summed E-state index contributed by atoms with van der Waals surface area (Å²) in [6.45, 7) is 1.87. The van der Waals surface area contributed by atoms with Gasteiger partial charge < -0.3 is 20.6 Å². The zero-order valence-corrected chi connectivity index (χ0v) is 7.75. The highest BCUT2D eigenvalue weighted by molar-refractivity contribution is 5.89. The van der Waals surface area contributed by atoms with Gasteiger partial charge in [0.15, 0.2) is 0 Å². The molecule has 1 spiro atoms. The molecule has 2 saturated heterocycles. The minimum Gasteiger partial charge on any atom is -0.465 e. The number of nitrogens with zero attached hydrogens (tertiary/aromatic N) is 1. The molecule has 2 heterocycles. The minimum absolute atomic E-state index is 0.0801. The maximum absolute atomic E-state index is 11.5. The molecule has 1 atom stereocenters. The molecule has 3 N–H and O–H groups in total. The van der Waals surface area contributed by atoms with E-state index < -0.39 is 11.6 Å². The van der Waals surface area contributed by atoms with Gasteiger partial charge >= 0.3 is 6.09 Å². The molecule has 78 valence electrons. The van der Waals surface area contributed by atoms with E-state index in [0.717, 1.165) is 0 Å². The Balaban J connectivity index is 2.13. The second-order valence-corrected chi connectivity index (χ2v) is 3.72. The van der Waals surface area contributed by atoms with Crippen molar-refractivity contribution in [2.45, 2.75) is 12.0 Å². The van der Waals surface area contributed by atoms with Crippen molar-refractivity contribution >= 4 is 12.0 Å². The lowest BCUT2D eigenvalue weighted by molar-refractivity contribution is -0.126. The van der Waals surface area contributed by atoms with Crippen LogP contribution in [0.15, 0.2) is 0 Å². The summed E-state index contributed by atoms with van der Waals surface area (Å²) in [5.41, 5.74) is -0.670. The van der Waals surface area contributed by atoms with E-state index in [9.17, 15) is 9.59 Å². The topological polar surface area (TPSA) is 81.7 Å². The van der Waals surface area contributed by atoms with Crippen molar-refractivity contribution in [2.24, 2.45) is 0 Å². The Labute approximate surface area is 81.3 Å². The molecule has 6 heteroatoms. The molecule has 1 unspecified atom stereocenters. The first-order chi connectivity index (χ1) is 6.64. The van der Waals surface area contributed by atoms with Gasteiger partial charge in [-0.15, -0.1) is 0 Å². The molecule has 0 aromatic carbocycles. The van der Waals surface area contributed by atoms with Crippen molar-refractivity contribution < 1.29 is 14.7 Å².